The summed E-state index contributed by atoms with van der Waals surface area (Å²) in [4.78, 5) is 0.0413. The summed E-state index contributed by atoms with van der Waals surface area (Å²) in [6, 6.07) is 3.20. The van der Waals surface area contributed by atoms with Crippen LogP contribution in [0.15, 0.2) is 24.4 Å². The maximum atomic E-state index is 13.0. The molecule has 0 amide bonds. The van der Waals surface area contributed by atoms with Gasteiger partial charge in [0.15, 0.2) is 0 Å². The van der Waals surface area contributed by atoms with Gasteiger partial charge in [-0.2, -0.15) is 0 Å². The highest BCUT2D eigenvalue weighted by molar-refractivity contribution is 9.09. The van der Waals surface area contributed by atoms with Crippen molar-refractivity contribution < 1.29 is 8.78 Å². The van der Waals surface area contributed by atoms with Gasteiger partial charge in [-0.1, -0.05) is 21.1 Å². The fraction of sp³-hybridized carbons (Fsp3) is 0.200. The largest absolute Gasteiger partial charge is 0.220 e. The molecule has 0 N–H and O–H groups in total. The van der Waals surface area contributed by atoms with Crippen LogP contribution in [0.1, 0.15) is 17.4 Å². The summed E-state index contributed by atoms with van der Waals surface area (Å²) < 4.78 is 27.3. The van der Waals surface area contributed by atoms with Crippen molar-refractivity contribution in [2.24, 2.45) is 0 Å². The fourth-order valence-corrected chi connectivity index (χ4v) is 1.47. The van der Waals surface area contributed by atoms with Gasteiger partial charge >= 0.3 is 0 Å². The van der Waals surface area contributed by atoms with E-state index in [4.69, 9.17) is 0 Å². The van der Waals surface area contributed by atoms with Gasteiger partial charge in [-0.05, 0) is 19.1 Å². The lowest BCUT2D eigenvalue weighted by Gasteiger charge is -2.00. The number of hydrogen-bond acceptors (Lipinski definition) is 2. The standard InChI is InChI=1S/C10H8BrF2N3/c1-6(11)10-5-16(15-14-10)9-3-7(12)2-8(13)4-9/h2-6H,1H3. The summed E-state index contributed by atoms with van der Waals surface area (Å²) in [5.74, 6) is -1.28. The summed E-state index contributed by atoms with van der Waals surface area (Å²) in [5, 5.41) is 7.67. The zero-order valence-electron chi connectivity index (χ0n) is 8.36. The SMILES string of the molecule is CC(Br)c1cn(-c2cc(F)cc(F)c2)nn1. The molecule has 0 spiro atoms. The van der Waals surface area contributed by atoms with Crippen LogP contribution in [0.2, 0.25) is 0 Å². The molecule has 0 fully saturated rings. The molecule has 0 bridgehead atoms. The quantitative estimate of drug-likeness (QED) is 0.795. The van der Waals surface area contributed by atoms with Crippen LogP contribution in [0.25, 0.3) is 5.69 Å². The van der Waals surface area contributed by atoms with E-state index in [-0.39, 0.29) is 4.83 Å². The molecule has 2 rings (SSSR count). The van der Waals surface area contributed by atoms with E-state index in [1.165, 1.54) is 16.8 Å². The van der Waals surface area contributed by atoms with Crippen LogP contribution in [0.3, 0.4) is 0 Å². The second kappa shape index (κ2) is 4.29. The molecule has 84 valence electrons. The lowest BCUT2D eigenvalue weighted by molar-refractivity contribution is 0.579. The number of alkyl halides is 1. The first-order valence-electron chi connectivity index (χ1n) is 4.59. The maximum Gasteiger partial charge on any atom is 0.128 e. The molecule has 2 aromatic rings. The Kier molecular flexibility index (Phi) is 3.00. The van der Waals surface area contributed by atoms with Gasteiger partial charge in [0.25, 0.3) is 0 Å². The summed E-state index contributed by atoms with van der Waals surface area (Å²) in [6.07, 6.45) is 1.62. The molecule has 1 unspecified atom stereocenters. The number of nitrogens with zero attached hydrogens (tertiary/aromatic N) is 3. The van der Waals surface area contributed by atoms with Crippen molar-refractivity contribution in [3.8, 4) is 5.69 Å². The Balaban J connectivity index is 2.42. The summed E-state index contributed by atoms with van der Waals surface area (Å²) >= 11 is 3.33. The number of benzene rings is 1. The van der Waals surface area contributed by atoms with Crippen LogP contribution >= 0.6 is 15.9 Å². The summed E-state index contributed by atoms with van der Waals surface area (Å²) in [6.45, 7) is 1.89. The minimum atomic E-state index is -0.640. The van der Waals surface area contributed by atoms with Crippen molar-refractivity contribution in [2.45, 2.75) is 11.8 Å². The van der Waals surface area contributed by atoms with E-state index in [0.29, 0.717) is 11.4 Å². The molecule has 0 aliphatic carbocycles. The third-order valence-corrected chi connectivity index (χ3v) is 2.50. The van der Waals surface area contributed by atoms with Gasteiger partial charge in [0.1, 0.15) is 11.6 Å². The van der Waals surface area contributed by atoms with Gasteiger partial charge in [0, 0.05) is 6.07 Å². The Morgan fingerprint density at radius 3 is 2.38 bits per heavy atom. The van der Waals surface area contributed by atoms with Crippen LogP contribution < -0.4 is 0 Å². The van der Waals surface area contributed by atoms with Gasteiger partial charge in [-0.3, -0.25) is 0 Å². The van der Waals surface area contributed by atoms with Crippen molar-refractivity contribution in [1.82, 2.24) is 15.0 Å². The van der Waals surface area contributed by atoms with Crippen molar-refractivity contribution in [2.75, 3.05) is 0 Å². The normalized spacial score (nSPS) is 12.8. The van der Waals surface area contributed by atoms with Gasteiger partial charge in [0.2, 0.25) is 0 Å². The second-order valence-corrected chi connectivity index (χ2v) is 4.71. The van der Waals surface area contributed by atoms with Gasteiger partial charge < -0.3 is 0 Å². The Hall–Kier alpha value is -1.30. The molecule has 0 aliphatic rings. The highest BCUT2D eigenvalue weighted by atomic mass is 79.9. The number of rotatable bonds is 2. The molecule has 0 aliphatic heterocycles. The molecule has 1 heterocycles. The van der Waals surface area contributed by atoms with E-state index in [0.717, 1.165) is 6.07 Å². The van der Waals surface area contributed by atoms with E-state index >= 15 is 0 Å². The molecule has 1 atom stereocenters. The number of hydrogen-bond donors (Lipinski definition) is 0. The van der Waals surface area contributed by atoms with Crippen molar-refractivity contribution in [1.29, 1.82) is 0 Å². The highest BCUT2D eigenvalue weighted by Crippen LogP contribution is 2.20. The van der Waals surface area contributed by atoms with E-state index in [1.54, 1.807) is 6.20 Å². The van der Waals surface area contributed by atoms with Crippen molar-refractivity contribution in [3.05, 3.63) is 41.7 Å². The van der Waals surface area contributed by atoms with Gasteiger partial charge in [-0.25, -0.2) is 13.5 Å². The van der Waals surface area contributed by atoms with Crippen LogP contribution in [0.5, 0.6) is 0 Å². The molecule has 0 saturated carbocycles. The zero-order chi connectivity index (χ0) is 11.7. The smallest absolute Gasteiger partial charge is 0.128 e. The lowest BCUT2D eigenvalue weighted by atomic mass is 10.3. The number of aromatic nitrogens is 3. The van der Waals surface area contributed by atoms with Crippen LogP contribution in [0, 0.1) is 11.6 Å². The predicted molar refractivity (Wildman–Crippen MR) is 58.6 cm³/mol. The lowest BCUT2D eigenvalue weighted by Crippen LogP contribution is -1.96. The Labute approximate surface area is 99.2 Å². The minimum Gasteiger partial charge on any atom is -0.220 e. The van der Waals surface area contributed by atoms with Crippen LogP contribution in [-0.2, 0) is 0 Å². The molecule has 0 saturated heterocycles. The van der Waals surface area contributed by atoms with E-state index < -0.39 is 11.6 Å². The monoisotopic (exact) mass is 287 g/mol. The van der Waals surface area contributed by atoms with Gasteiger partial charge in [-0.15, -0.1) is 5.10 Å². The molecule has 16 heavy (non-hydrogen) atoms. The molecule has 6 heteroatoms. The van der Waals surface area contributed by atoms with E-state index in [9.17, 15) is 8.78 Å². The number of halogens is 3. The average Bonchev–Trinajstić information content (AvgIpc) is 2.64. The second-order valence-electron chi connectivity index (χ2n) is 3.33. The average molecular weight is 288 g/mol. The molecular formula is C10H8BrF2N3. The molecule has 1 aromatic carbocycles. The Morgan fingerprint density at radius 2 is 1.88 bits per heavy atom. The maximum absolute atomic E-state index is 13.0. The summed E-state index contributed by atoms with van der Waals surface area (Å²) in [5.41, 5.74) is 1.01. The summed E-state index contributed by atoms with van der Waals surface area (Å²) in [7, 11) is 0. The van der Waals surface area contributed by atoms with Crippen molar-refractivity contribution >= 4 is 15.9 Å². The molecule has 0 radical (unpaired) electrons. The third kappa shape index (κ3) is 2.27. The highest BCUT2D eigenvalue weighted by Gasteiger charge is 2.09. The Bertz CT molecular complexity index is 490. The Morgan fingerprint density at radius 1 is 1.25 bits per heavy atom. The fourth-order valence-electron chi connectivity index (χ4n) is 1.26. The van der Waals surface area contributed by atoms with E-state index in [1.807, 2.05) is 6.92 Å². The first-order chi connectivity index (χ1) is 7.56. The van der Waals surface area contributed by atoms with Crippen molar-refractivity contribution in [3.63, 3.8) is 0 Å². The molecular weight excluding hydrogens is 280 g/mol. The topological polar surface area (TPSA) is 30.7 Å². The van der Waals surface area contributed by atoms with Crippen LogP contribution in [0.4, 0.5) is 8.78 Å². The van der Waals surface area contributed by atoms with E-state index in [2.05, 4.69) is 26.2 Å². The van der Waals surface area contributed by atoms with Crippen LogP contribution in [-0.4, -0.2) is 15.0 Å². The predicted octanol–water partition coefficient (Wildman–Crippen LogP) is 3.00. The third-order valence-electron chi connectivity index (χ3n) is 2.03. The minimum absolute atomic E-state index is 0.0413. The van der Waals surface area contributed by atoms with Gasteiger partial charge in [0.05, 0.1) is 22.4 Å². The first kappa shape index (κ1) is 11.2. The molecule has 1 aromatic heterocycles. The first-order valence-corrected chi connectivity index (χ1v) is 5.50. The molecule has 3 nitrogen and oxygen atoms in total. The zero-order valence-corrected chi connectivity index (χ0v) is 9.95.